The molecule has 0 radical (unpaired) electrons. The zero-order valence-electron chi connectivity index (χ0n) is 13.4. The predicted molar refractivity (Wildman–Crippen MR) is 81.2 cm³/mol. The molecule has 2 saturated heterocycles. The summed E-state index contributed by atoms with van der Waals surface area (Å²) in [6, 6.07) is 0. The van der Waals surface area contributed by atoms with Gasteiger partial charge in [0.25, 0.3) is 0 Å². The topological polar surface area (TPSA) is 57.2 Å². The Morgan fingerprint density at radius 2 is 2.18 bits per heavy atom. The van der Waals surface area contributed by atoms with E-state index in [1.807, 2.05) is 13.8 Å². The first kappa shape index (κ1) is 16.1. The van der Waals surface area contributed by atoms with Gasteiger partial charge in [-0.1, -0.05) is 12.7 Å². The van der Waals surface area contributed by atoms with Crippen LogP contribution in [0.4, 0.5) is 0 Å². The summed E-state index contributed by atoms with van der Waals surface area (Å²) in [4.78, 5) is 0. The van der Waals surface area contributed by atoms with Crippen LogP contribution in [0, 0.1) is 0 Å². The average molecular weight is 310 g/mol. The van der Waals surface area contributed by atoms with E-state index >= 15 is 0 Å². The van der Waals surface area contributed by atoms with Crippen LogP contribution in [-0.2, 0) is 18.9 Å². The lowest BCUT2D eigenvalue weighted by Gasteiger charge is -2.37. The van der Waals surface area contributed by atoms with Crippen LogP contribution >= 0.6 is 0 Å². The van der Waals surface area contributed by atoms with Gasteiger partial charge in [0.1, 0.15) is 12.2 Å². The van der Waals surface area contributed by atoms with Crippen molar-refractivity contribution in [1.29, 1.82) is 0 Å². The molecular weight excluding hydrogens is 284 g/mol. The Bertz CT molecular complexity index is 450. The van der Waals surface area contributed by atoms with Crippen LogP contribution < -0.4 is 0 Å². The van der Waals surface area contributed by atoms with E-state index in [4.69, 9.17) is 18.9 Å². The first-order valence-corrected chi connectivity index (χ1v) is 8.12. The second kappa shape index (κ2) is 6.42. The van der Waals surface area contributed by atoms with Crippen molar-refractivity contribution in [2.45, 2.75) is 69.9 Å². The third-order valence-corrected chi connectivity index (χ3v) is 4.47. The van der Waals surface area contributed by atoms with E-state index < -0.39 is 5.79 Å². The largest absolute Gasteiger partial charge is 0.392 e. The van der Waals surface area contributed by atoms with Gasteiger partial charge in [0.15, 0.2) is 12.1 Å². The number of rotatable bonds is 3. The zero-order chi connectivity index (χ0) is 15.7. The second-order valence-electron chi connectivity index (χ2n) is 6.63. The molecule has 0 spiro atoms. The van der Waals surface area contributed by atoms with Crippen LogP contribution in [0.15, 0.2) is 23.8 Å². The van der Waals surface area contributed by atoms with Crippen LogP contribution in [-0.4, -0.2) is 48.7 Å². The van der Waals surface area contributed by atoms with Crippen LogP contribution in [0.3, 0.4) is 0 Å². The van der Waals surface area contributed by atoms with E-state index in [1.54, 1.807) is 6.08 Å². The van der Waals surface area contributed by atoms with E-state index in [-0.39, 0.29) is 31.2 Å². The Morgan fingerprint density at radius 3 is 2.86 bits per heavy atom. The van der Waals surface area contributed by atoms with Crippen molar-refractivity contribution in [2.24, 2.45) is 0 Å². The molecule has 1 unspecified atom stereocenters. The Balaban J connectivity index is 1.77. The van der Waals surface area contributed by atoms with Gasteiger partial charge in [-0.15, -0.1) is 0 Å². The average Bonchev–Trinajstić information content (AvgIpc) is 2.81. The maximum atomic E-state index is 9.23. The Hall–Kier alpha value is -0.720. The second-order valence-corrected chi connectivity index (χ2v) is 6.63. The molecule has 5 nitrogen and oxygen atoms in total. The predicted octanol–water partition coefficient (Wildman–Crippen LogP) is 2.30. The van der Waals surface area contributed by atoms with Crippen LogP contribution in [0.5, 0.6) is 0 Å². The van der Waals surface area contributed by atoms with Gasteiger partial charge in [0.2, 0.25) is 0 Å². The summed E-state index contributed by atoms with van der Waals surface area (Å²) in [5, 5.41) is 9.23. The van der Waals surface area contributed by atoms with Crippen LogP contribution in [0.2, 0.25) is 0 Å². The number of aliphatic hydroxyl groups is 1. The number of fused-ring (bicyclic) bond motifs is 1. The Kier molecular flexibility index (Phi) is 4.71. The summed E-state index contributed by atoms with van der Waals surface area (Å²) < 4.78 is 23.9. The minimum Gasteiger partial charge on any atom is -0.392 e. The minimum atomic E-state index is -0.651. The number of hydrogen-bond acceptors (Lipinski definition) is 5. The third-order valence-electron chi connectivity index (χ3n) is 4.47. The van der Waals surface area contributed by atoms with Crippen molar-refractivity contribution in [3.8, 4) is 0 Å². The summed E-state index contributed by atoms with van der Waals surface area (Å²) in [7, 11) is 0. The normalized spacial score (nSPS) is 40.0. The molecule has 4 atom stereocenters. The summed E-state index contributed by atoms with van der Waals surface area (Å²) in [5.74, 6) is -0.651. The van der Waals surface area contributed by atoms with Crippen molar-refractivity contribution in [2.75, 3.05) is 13.2 Å². The fraction of sp³-hybridized carbons (Fsp3) is 0.765. The van der Waals surface area contributed by atoms with E-state index in [1.165, 1.54) is 0 Å². The summed E-state index contributed by atoms with van der Waals surface area (Å²) in [6.07, 6.45) is 4.87. The SMILES string of the molecule is C=C1/C(=C\CO)C[C@@H](OC2CCCCO2)[C@H]2OC(C)(C)O[C@H]12. The van der Waals surface area contributed by atoms with Gasteiger partial charge < -0.3 is 24.1 Å². The van der Waals surface area contributed by atoms with Gasteiger partial charge in [-0.25, -0.2) is 0 Å². The van der Waals surface area contributed by atoms with Crippen molar-refractivity contribution in [3.05, 3.63) is 23.8 Å². The molecule has 3 aliphatic rings. The van der Waals surface area contributed by atoms with Gasteiger partial charge in [0.05, 0.1) is 12.7 Å². The highest BCUT2D eigenvalue weighted by Gasteiger charge is 2.50. The summed E-state index contributed by atoms with van der Waals surface area (Å²) >= 11 is 0. The quantitative estimate of drug-likeness (QED) is 0.867. The van der Waals surface area contributed by atoms with E-state index in [0.717, 1.165) is 37.0 Å². The van der Waals surface area contributed by atoms with Gasteiger partial charge >= 0.3 is 0 Å². The molecule has 0 aromatic rings. The molecule has 1 aliphatic carbocycles. The lowest BCUT2D eigenvalue weighted by Crippen LogP contribution is -2.45. The monoisotopic (exact) mass is 310 g/mol. The van der Waals surface area contributed by atoms with Crippen molar-refractivity contribution < 1.29 is 24.1 Å². The molecule has 2 heterocycles. The number of hydrogen-bond donors (Lipinski definition) is 1. The van der Waals surface area contributed by atoms with E-state index in [0.29, 0.717) is 6.42 Å². The highest BCUT2D eigenvalue weighted by molar-refractivity contribution is 5.38. The molecule has 0 bridgehead atoms. The maximum absolute atomic E-state index is 9.23. The molecule has 3 fully saturated rings. The Morgan fingerprint density at radius 1 is 1.36 bits per heavy atom. The Labute approximate surface area is 131 Å². The fourth-order valence-corrected chi connectivity index (χ4v) is 3.44. The smallest absolute Gasteiger partial charge is 0.164 e. The van der Waals surface area contributed by atoms with Crippen molar-refractivity contribution in [1.82, 2.24) is 0 Å². The summed E-state index contributed by atoms with van der Waals surface area (Å²) in [5.41, 5.74) is 1.87. The molecule has 0 aromatic heterocycles. The fourth-order valence-electron chi connectivity index (χ4n) is 3.44. The highest BCUT2D eigenvalue weighted by Crippen LogP contribution is 2.43. The molecule has 2 aliphatic heterocycles. The van der Waals surface area contributed by atoms with Gasteiger partial charge in [-0.2, -0.15) is 0 Å². The first-order valence-electron chi connectivity index (χ1n) is 8.12. The standard InChI is InChI=1S/C17H26O5/c1-11-12(7-8-18)10-13(20-14-6-4-5-9-19-14)16-15(11)21-17(2,3)22-16/h7,13-16,18H,1,4-6,8-10H2,2-3H3/b12-7-/t13-,14?,15-,16-/m1/s1. The molecule has 124 valence electrons. The zero-order valence-corrected chi connectivity index (χ0v) is 13.4. The molecule has 22 heavy (non-hydrogen) atoms. The first-order chi connectivity index (χ1) is 10.5. The summed E-state index contributed by atoms with van der Waals surface area (Å²) in [6.45, 7) is 8.68. The molecule has 5 heteroatoms. The van der Waals surface area contributed by atoms with Crippen LogP contribution in [0.25, 0.3) is 0 Å². The molecular formula is C17H26O5. The maximum Gasteiger partial charge on any atom is 0.164 e. The lowest BCUT2D eigenvalue weighted by atomic mass is 9.84. The van der Waals surface area contributed by atoms with E-state index in [9.17, 15) is 5.11 Å². The van der Waals surface area contributed by atoms with Crippen LogP contribution in [0.1, 0.15) is 39.5 Å². The molecule has 0 amide bonds. The third kappa shape index (κ3) is 3.29. The van der Waals surface area contributed by atoms with Gasteiger partial charge in [-0.3, -0.25) is 0 Å². The number of ether oxygens (including phenoxy) is 4. The van der Waals surface area contributed by atoms with E-state index in [2.05, 4.69) is 6.58 Å². The molecule has 3 rings (SSSR count). The van der Waals surface area contributed by atoms with Gasteiger partial charge in [0, 0.05) is 13.0 Å². The highest BCUT2D eigenvalue weighted by atomic mass is 16.8. The van der Waals surface area contributed by atoms with Gasteiger partial charge in [-0.05, 0) is 44.3 Å². The van der Waals surface area contributed by atoms with Crippen molar-refractivity contribution in [3.63, 3.8) is 0 Å². The minimum absolute atomic E-state index is 0.0113. The number of aliphatic hydroxyl groups excluding tert-OH is 1. The molecule has 1 saturated carbocycles. The molecule has 1 N–H and O–H groups in total. The van der Waals surface area contributed by atoms with Crippen molar-refractivity contribution >= 4 is 0 Å². The molecule has 0 aromatic carbocycles. The lowest BCUT2D eigenvalue weighted by molar-refractivity contribution is -0.219.